The van der Waals surface area contributed by atoms with Gasteiger partial charge < -0.3 is 10.1 Å². The molecule has 39 heavy (non-hydrogen) atoms. The van der Waals surface area contributed by atoms with Crippen LogP contribution >= 0.6 is 11.7 Å². The van der Waals surface area contributed by atoms with Crippen molar-refractivity contribution in [3.05, 3.63) is 83.9 Å². The van der Waals surface area contributed by atoms with Crippen LogP contribution in [0.2, 0.25) is 0 Å². The summed E-state index contributed by atoms with van der Waals surface area (Å²) in [7, 11) is -4.08. The molecule has 1 aliphatic heterocycles. The summed E-state index contributed by atoms with van der Waals surface area (Å²) in [6.45, 7) is -0.500. The second-order valence-corrected chi connectivity index (χ2v) is 11.3. The van der Waals surface area contributed by atoms with E-state index in [4.69, 9.17) is 4.74 Å². The number of hydrogen-bond donors (Lipinski definition) is 1. The topological polar surface area (TPSA) is 136 Å². The maximum Gasteiger partial charge on any atom is 0.324 e. The van der Waals surface area contributed by atoms with E-state index in [1.807, 2.05) is 0 Å². The van der Waals surface area contributed by atoms with Crippen LogP contribution in [-0.4, -0.2) is 58.3 Å². The minimum Gasteiger partial charge on any atom is -0.454 e. The molecule has 1 amide bonds. The zero-order valence-electron chi connectivity index (χ0n) is 20.6. The van der Waals surface area contributed by atoms with Crippen LogP contribution in [0.3, 0.4) is 0 Å². The number of aromatic nitrogens is 2. The van der Waals surface area contributed by atoms with Gasteiger partial charge in [-0.1, -0.05) is 48.5 Å². The van der Waals surface area contributed by atoms with E-state index in [1.54, 1.807) is 66.7 Å². The summed E-state index contributed by atoms with van der Waals surface area (Å²) in [5.41, 5.74) is 1.74. The number of ketones is 1. The summed E-state index contributed by atoms with van der Waals surface area (Å²) in [5, 5.41) is 2.62. The normalized spacial score (nSPS) is 16.1. The molecule has 3 aromatic carbocycles. The second-order valence-electron chi connectivity index (χ2n) is 8.91. The summed E-state index contributed by atoms with van der Waals surface area (Å²) in [4.78, 5) is 38.6. The van der Waals surface area contributed by atoms with Crippen molar-refractivity contribution in [1.82, 2.24) is 13.1 Å². The Morgan fingerprint density at radius 1 is 0.949 bits per heavy atom. The summed E-state index contributed by atoms with van der Waals surface area (Å²) in [6, 6.07) is 18.8. The second kappa shape index (κ2) is 11.4. The highest BCUT2D eigenvalue weighted by Crippen LogP contribution is 2.30. The molecule has 12 heteroatoms. The van der Waals surface area contributed by atoms with Crippen molar-refractivity contribution >= 4 is 56.1 Å². The quantitative estimate of drug-likeness (QED) is 0.253. The van der Waals surface area contributed by atoms with Crippen molar-refractivity contribution in [3.63, 3.8) is 0 Å². The van der Waals surface area contributed by atoms with Crippen molar-refractivity contribution in [3.8, 4) is 0 Å². The lowest BCUT2D eigenvalue weighted by Crippen LogP contribution is -2.49. The van der Waals surface area contributed by atoms with Crippen LogP contribution < -0.4 is 5.32 Å². The third-order valence-electron chi connectivity index (χ3n) is 6.39. The van der Waals surface area contributed by atoms with Gasteiger partial charge in [-0.15, -0.1) is 0 Å². The molecule has 1 atom stereocenters. The number of ether oxygens (including phenoxy) is 1. The van der Waals surface area contributed by atoms with Gasteiger partial charge in [0.15, 0.2) is 12.4 Å². The first-order valence-electron chi connectivity index (χ1n) is 12.2. The predicted octanol–water partition coefficient (Wildman–Crippen LogP) is 3.65. The molecule has 1 aliphatic rings. The lowest BCUT2D eigenvalue weighted by Gasteiger charge is -2.32. The molecule has 1 unspecified atom stereocenters. The van der Waals surface area contributed by atoms with Crippen LogP contribution in [-0.2, 0) is 24.3 Å². The van der Waals surface area contributed by atoms with Gasteiger partial charge in [-0.05, 0) is 43.5 Å². The average molecular weight is 565 g/mol. The number of anilines is 1. The van der Waals surface area contributed by atoms with Crippen molar-refractivity contribution in [2.45, 2.75) is 30.2 Å². The maximum atomic E-state index is 13.6. The van der Waals surface area contributed by atoms with E-state index in [1.165, 1.54) is 6.07 Å². The zero-order valence-corrected chi connectivity index (χ0v) is 22.3. The average Bonchev–Trinajstić information content (AvgIpc) is 3.45. The minimum absolute atomic E-state index is 0.0223. The summed E-state index contributed by atoms with van der Waals surface area (Å²) >= 11 is 0.910. The third-order valence-corrected chi connectivity index (χ3v) is 8.87. The van der Waals surface area contributed by atoms with Crippen molar-refractivity contribution < 1.29 is 27.5 Å². The smallest absolute Gasteiger partial charge is 0.324 e. The van der Waals surface area contributed by atoms with Gasteiger partial charge in [-0.3, -0.25) is 14.4 Å². The lowest BCUT2D eigenvalue weighted by atomic mass is 10.0. The number of amides is 1. The van der Waals surface area contributed by atoms with E-state index in [-0.39, 0.29) is 34.8 Å². The van der Waals surface area contributed by atoms with Crippen LogP contribution in [0.15, 0.2) is 77.7 Å². The highest BCUT2D eigenvalue weighted by Gasteiger charge is 2.40. The maximum absolute atomic E-state index is 13.6. The molecule has 0 radical (unpaired) electrons. The number of fused-ring (bicyclic) bond motifs is 1. The monoisotopic (exact) mass is 564 g/mol. The number of hydrogen-bond acceptors (Lipinski definition) is 9. The van der Waals surface area contributed by atoms with Gasteiger partial charge in [-0.2, -0.15) is 13.1 Å². The molecule has 10 nitrogen and oxygen atoms in total. The number of sulfonamides is 1. The molecule has 0 saturated carbocycles. The predicted molar refractivity (Wildman–Crippen MR) is 145 cm³/mol. The molecule has 4 aromatic rings. The fourth-order valence-corrected chi connectivity index (χ4v) is 6.90. The van der Waals surface area contributed by atoms with Gasteiger partial charge in [0.05, 0.1) is 17.4 Å². The number of para-hydroxylation sites is 1. The van der Waals surface area contributed by atoms with Crippen LogP contribution in [0.4, 0.5) is 5.69 Å². The van der Waals surface area contributed by atoms with E-state index in [9.17, 15) is 22.8 Å². The molecule has 0 spiro atoms. The van der Waals surface area contributed by atoms with Gasteiger partial charge >= 0.3 is 5.97 Å². The Labute approximate surface area is 229 Å². The molecule has 1 saturated heterocycles. The van der Waals surface area contributed by atoms with Crippen molar-refractivity contribution in [2.24, 2.45) is 0 Å². The van der Waals surface area contributed by atoms with Crippen LogP contribution in [0, 0.1) is 0 Å². The molecule has 1 aromatic heterocycles. The largest absolute Gasteiger partial charge is 0.454 e. The van der Waals surface area contributed by atoms with Gasteiger partial charge in [0.1, 0.15) is 22.0 Å². The summed E-state index contributed by atoms with van der Waals surface area (Å²) in [5.74, 6) is -1.73. The molecule has 2 heterocycles. The molecule has 0 bridgehead atoms. The van der Waals surface area contributed by atoms with E-state index in [0.29, 0.717) is 29.5 Å². The van der Waals surface area contributed by atoms with Crippen LogP contribution in [0.1, 0.15) is 35.2 Å². The fourth-order valence-electron chi connectivity index (χ4n) is 4.50. The molecular weight excluding hydrogens is 540 g/mol. The number of benzene rings is 3. The Bertz CT molecular complexity index is 1640. The van der Waals surface area contributed by atoms with Crippen LogP contribution in [0.25, 0.3) is 11.0 Å². The van der Waals surface area contributed by atoms with E-state index in [2.05, 4.69) is 14.1 Å². The minimum atomic E-state index is -4.08. The van der Waals surface area contributed by atoms with Gasteiger partial charge in [0.2, 0.25) is 10.0 Å². The van der Waals surface area contributed by atoms with Gasteiger partial charge in [0, 0.05) is 17.7 Å². The Morgan fingerprint density at radius 3 is 2.54 bits per heavy atom. The first-order valence-corrected chi connectivity index (χ1v) is 14.4. The first-order chi connectivity index (χ1) is 18.9. The van der Waals surface area contributed by atoms with E-state index in [0.717, 1.165) is 16.0 Å². The lowest BCUT2D eigenvalue weighted by molar-refractivity contribution is -0.152. The molecule has 5 rings (SSSR count). The SMILES string of the molecule is O=C(COC(=O)C1CCCCN1S(=O)(=O)c1cccc2nsnc12)Nc1ccccc1C(=O)c1ccccc1. The number of nitrogens with zero attached hydrogens (tertiary/aromatic N) is 3. The molecule has 1 N–H and O–H groups in total. The number of carbonyl (C=O) groups excluding carboxylic acids is 3. The number of esters is 1. The number of carbonyl (C=O) groups is 3. The molecule has 1 fully saturated rings. The number of nitrogens with one attached hydrogen (secondary N) is 1. The highest BCUT2D eigenvalue weighted by molar-refractivity contribution is 7.89. The highest BCUT2D eigenvalue weighted by atomic mass is 32.2. The van der Waals surface area contributed by atoms with Gasteiger partial charge in [-0.25, -0.2) is 8.42 Å². The number of piperidine rings is 1. The molecule has 0 aliphatic carbocycles. The van der Waals surface area contributed by atoms with E-state index < -0.39 is 34.5 Å². The Balaban J connectivity index is 1.27. The van der Waals surface area contributed by atoms with Gasteiger partial charge in [0.25, 0.3) is 5.91 Å². The molecule has 200 valence electrons. The van der Waals surface area contributed by atoms with Crippen molar-refractivity contribution in [2.75, 3.05) is 18.5 Å². The number of rotatable bonds is 8. The zero-order chi connectivity index (χ0) is 27.4. The van der Waals surface area contributed by atoms with Crippen LogP contribution in [0.5, 0.6) is 0 Å². The first kappa shape index (κ1) is 26.6. The summed E-state index contributed by atoms with van der Waals surface area (Å²) in [6.07, 6.45) is 1.48. The van der Waals surface area contributed by atoms with E-state index >= 15 is 0 Å². The Morgan fingerprint density at radius 2 is 1.72 bits per heavy atom. The standard InChI is InChI=1S/C27H24N4O6S2/c32-24(28-20-12-5-4-11-19(20)26(33)18-9-2-1-3-10-18)17-37-27(34)22-14-6-7-16-31(22)39(35,36)23-15-8-13-21-25(23)30-38-29-21/h1-5,8-13,15,22H,6-7,14,16-17H2,(H,28,32). The van der Waals surface area contributed by atoms with Crippen molar-refractivity contribution in [1.29, 1.82) is 0 Å². The fraction of sp³-hybridized carbons (Fsp3) is 0.222. The molecular formula is C27H24N4O6S2. The third kappa shape index (κ3) is 5.58. The summed E-state index contributed by atoms with van der Waals surface area (Å²) < 4.78 is 41.7. The Hall–Kier alpha value is -4.00. The Kier molecular flexibility index (Phi) is 7.77.